The molecule has 8 rings (SSSR count). The Morgan fingerprint density at radius 1 is 1.14 bits per heavy atom. The van der Waals surface area contributed by atoms with Gasteiger partial charge in [0.05, 0.1) is 23.8 Å². The minimum absolute atomic E-state index is 0.00988. The van der Waals surface area contributed by atoms with E-state index in [1.54, 1.807) is 37.7 Å². The molecular weight excluding hydrogens is 738 g/mol. The fraction of sp³-hybridized carbons (Fsp3) is 0.512. The number of amides is 1. The predicted octanol–water partition coefficient (Wildman–Crippen LogP) is -1.25. The molecule has 1 amide bonds. The molecule has 0 bridgehead atoms. The van der Waals surface area contributed by atoms with Gasteiger partial charge in [-0.2, -0.15) is 0 Å². The molecule has 0 spiro atoms. The van der Waals surface area contributed by atoms with Crippen LogP contribution >= 0.6 is 0 Å². The summed E-state index contributed by atoms with van der Waals surface area (Å²) in [6, 6.07) is 2.97. The zero-order valence-electron chi connectivity index (χ0n) is 32.2. The van der Waals surface area contributed by atoms with E-state index in [0.717, 1.165) is 34.0 Å². The summed E-state index contributed by atoms with van der Waals surface area (Å²) in [6.07, 6.45) is 6.86. The Hall–Kier alpha value is -4.36. The molecule has 0 aliphatic carbocycles. The van der Waals surface area contributed by atoms with E-state index in [1.807, 2.05) is 19.1 Å². The van der Waals surface area contributed by atoms with Gasteiger partial charge in [-0.1, -0.05) is 6.92 Å². The fourth-order valence-corrected chi connectivity index (χ4v) is 9.10. The van der Waals surface area contributed by atoms with Crippen LogP contribution in [0.4, 0.5) is 5.69 Å². The monoisotopic (exact) mass is 789 g/mol. The van der Waals surface area contributed by atoms with E-state index in [4.69, 9.17) is 18.9 Å². The third-order valence-electron chi connectivity index (χ3n) is 12.4. The van der Waals surface area contributed by atoms with Gasteiger partial charge in [-0.3, -0.25) is 29.4 Å². The standard InChI is InChI=1S/C41H49N5O11/c1-4-29-25-6-10-43-28(25)18-46(29)36-37-24(15-26-31(48)13-22(2)55-38(26)36)16-34(40(3,56-37)9-5-23-14-35(51)44-17-23)57-54-20-33(50)41(53,39(52)32(49)19-47)21-45-12-8-27-30(45)7-11-42-27/h6-8,10-13,15,23,30,32-34,39,47,49-50,52-53H,4-5,9,14,16-21H2,1-3H3,(H,44,51)/p+2. The molecule has 57 heavy (non-hydrogen) atoms. The molecule has 0 saturated carbocycles. The number of aliphatic imine (C=N–C) groups is 2. The molecule has 10 atom stereocenters. The number of quaternary nitrogens is 2. The highest BCUT2D eigenvalue weighted by Gasteiger charge is 2.52. The van der Waals surface area contributed by atoms with E-state index in [-0.39, 0.29) is 36.3 Å². The smallest absolute Gasteiger partial charge is 0.222 e. The quantitative estimate of drug-likeness (QED) is 0.0787. The highest BCUT2D eigenvalue weighted by atomic mass is 17.2. The maximum absolute atomic E-state index is 13.6. The Balaban J connectivity index is 1.11. The van der Waals surface area contributed by atoms with Crippen LogP contribution in [0.3, 0.4) is 0 Å². The van der Waals surface area contributed by atoms with Crippen molar-refractivity contribution in [2.24, 2.45) is 15.9 Å². The van der Waals surface area contributed by atoms with Gasteiger partial charge in [0.2, 0.25) is 17.2 Å². The van der Waals surface area contributed by atoms with E-state index in [2.05, 4.69) is 22.2 Å². The molecule has 304 valence electrons. The molecule has 1 aromatic carbocycles. The molecule has 16 heteroatoms. The molecule has 0 radical (unpaired) electrons. The second-order valence-corrected chi connectivity index (χ2v) is 16.2. The summed E-state index contributed by atoms with van der Waals surface area (Å²) in [4.78, 5) is 48.1. The molecule has 1 aromatic heterocycles. The number of carbonyl (C=O) groups is 1. The summed E-state index contributed by atoms with van der Waals surface area (Å²) in [5.74, 6) is 1.09. The summed E-state index contributed by atoms with van der Waals surface area (Å²) in [7, 11) is 0. The van der Waals surface area contributed by atoms with Gasteiger partial charge in [0.25, 0.3) is 0 Å². The van der Waals surface area contributed by atoms with Crippen molar-refractivity contribution in [1.82, 2.24) is 5.32 Å². The van der Waals surface area contributed by atoms with Crippen LogP contribution in [0.5, 0.6) is 5.75 Å². The molecule has 6 aliphatic heterocycles. The number of nitrogens with one attached hydrogen (secondary N) is 3. The minimum atomic E-state index is -2.36. The Morgan fingerprint density at radius 3 is 2.72 bits per heavy atom. The lowest BCUT2D eigenvalue weighted by Gasteiger charge is -2.43. The van der Waals surface area contributed by atoms with Gasteiger partial charge in [0.1, 0.15) is 72.6 Å². The number of aliphatic hydroxyl groups is 5. The molecule has 10 unspecified atom stereocenters. The summed E-state index contributed by atoms with van der Waals surface area (Å²) in [5, 5.41) is 57.8. The van der Waals surface area contributed by atoms with E-state index < -0.39 is 48.8 Å². The average Bonchev–Trinajstić information content (AvgIpc) is 4.03. The third kappa shape index (κ3) is 7.12. The minimum Gasteiger partial charge on any atom is -0.478 e. The SMILES string of the molecule is CCC1=C2C=CN=C2C[NH+]1c1c2c(cc3c(=O)cc(C)oc13)CC(OOCC(O)C(O)(C[NH+]1C=CC3=NC=CC31)C(O)C(O)CO)C(C)(CCC1CNC(=O)C1)O2. The van der Waals surface area contributed by atoms with Crippen LogP contribution < -0.4 is 25.3 Å². The summed E-state index contributed by atoms with van der Waals surface area (Å²) in [6.45, 7) is 5.05. The number of ether oxygens (including phenoxy) is 1. The van der Waals surface area contributed by atoms with E-state index in [0.29, 0.717) is 71.0 Å². The number of aliphatic hydroxyl groups excluding tert-OH is 4. The Kier molecular flexibility index (Phi) is 10.7. The lowest BCUT2D eigenvalue weighted by Crippen LogP contribution is -3.13. The number of hydrogen-bond donors (Lipinski definition) is 8. The number of allylic oxidation sites excluding steroid dienone is 2. The first kappa shape index (κ1) is 39.5. The van der Waals surface area contributed by atoms with Gasteiger partial charge in [0, 0.05) is 55.9 Å². The Labute approximate surface area is 328 Å². The maximum atomic E-state index is 13.6. The zero-order chi connectivity index (χ0) is 40.2. The number of benzene rings is 1. The lowest BCUT2D eigenvalue weighted by atomic mass is 9.83. The number of rotatable bonds is 15. The van der Waals surface area contributed by atoms with Crippen molar-refractivity contribution in [2.45, 2.75) is 94.5 Å². The van der Waals surface area contributed by atoms with Crippen LogP contribution in [0.2, 0.25) is 0 Å². The van der Waals surface area contributed by atoms with Crippen molar-refractivity contribution in [2.75, 3.05) is 32.8 Å². The topological polar surface area (TPSA) is 222 Å². The zero-order valence-corrected chi connectivity index (χ0v) is 32.2. The van der Waals surface area contributed by atoms with E-state index >= 15 is 0 Å². The third-order valence-corrected chi connectivity index (χ3v) is 12.4. The number of carbonyl (C=O) groups excluding carboxylic acids is 1. The Bertz CT molecular complexity index is 2190. The van der Waals surface area contributed by atoms with Crippen molar-refractivity contribution in [1.29, 1.82) is 0 Å². The number of hydrogen-bond acceptors (Lipinski definition) is 13. The molecule has 1 fully saturated rings. The van der Waals surface area contributed by atoms with Crippen molar-refractivity contribution in [3.05, 3.63) is 81.8 Å². The van der Waals surface area contributed by atoms with Crippen molar-refractivity contribution < 1.29 is 59.1 Å². The van der Waals surface area contributed by atoms with Crippen molar-refractivity contribution >= 4 is 34.0 Å². The van der Waals surface area contributed by atoms with Crippen LogP contribution in [0.25, 0.3) is 11.0 Å². The Morgan fingerprint density at radius 2 is 1.96 bits per heavy atom. The van der Waals surface area contributed by atoms with Crippen molar-refractivity contribution in [3.63, 3.8) is 0 Å². The second kappa shape index (κ2) is 15.4. The summed E-state index contributed by atoms with van der Waals surface area (Å²) >= 11 is 0. The fourth-order valence-electron chi connectivity index (χ4n) is 9.10. The first-order valence-electron chi connectivity index (χ1n) is 19.7. The molecule has 16 nitrogen and oxygen atoms in total. The van der Waals surface area contributed by atoms with Crippen LogP contribution in [-0.4, -0.2) is 117 Å². The number of nitrogens with zero attached hydrogens (tertiary/aromatic N) is 2. The van der Waals surface area contributed by atoms with Gasteiger partial charge in [-0.05, 0) is 50.8 Å². The van der Waals surface area contributed by atoms with Gasteiger partial charge < -0.3 is 40.0 Å². The number of aryl methyl sites for hydroxylation is 1. The first-order valence-corrected chi connectivity index (χ1v) is 19.7. The molecular formula is C41H51N5O11+2. The van der Waals surface area contributed by atoms with Crippen LogP contribution in [-0.2, 0) is 21.0 Å². The van der Waals surface area contributed by atoms with E-state index in [1.165, 1.54) is 6.07 Å². The van der Waals surface area contributed by atoms with Crippen molar-refractivity contribution in [3.8, 4) is 5.75 Å². The van der Waals surface area contributed by atoms with Gasteiger partial charge in [0.15, 0.2) is 22.8 Å². The normalized spacial score (nSPS) is 29.8. The van der Waals surface area contributed by atoms with Crippen LogP contribution in [0, 0.1) is 12.8 Å². The lowest BCUT2D eigenvalue weighted by molar-refractivity contribution is -0.861. The summed E-state index contributed by atoms with van der Waals surface area (Å²) < 4.78 is 13.4. The molecule has 1 saturated heterocycles. The highest BCUT2D eigenvalue weighted by Crippen LogP contribution is 2.45. The molecule has 2 aromatic rings. The first-order chi connectivity index (χ1) is 27.3. The molecule has 7 heterocycles. The predicted molar refractivity (Wildman–Crippen MR) is 206 cm³/mol. The average molecular weight is 790 g/mol. The molecule has 6 aliphatic rings. The maximum Gasteiger partial charge on any atom is 0.222 e. The van der Waals surface area contributed by atoms with Gasteiger partial charge >= 0.3 is 0 Å². The van der Waals surface area contributed by atoms with Gasteiger partial charge in [-0.25, -0.2) is 9.78 Å². The van der Waals surface area contributed by atoms with E-state index in [9.17, 15) is 35.1 Å². The molecule has 8 N–H and O–H groups in total. The highest BCUT2D eigenvalue weighted by molar-refractivity contribution is 6.08. The summed E-state index contributed by atoms with van der Waals surface area (Å²) in [5.41, 5.74) is 2.03. The second-order valence-electron chi connectivity index (χ2n) is 16.2. The van der Waals surface area contributed by atoms with Gasteiger partial charge in [-0.15, -0.1) is 0 Å². The largest absolute Gasteiger partial charge is 0.478 e. The van der Waals surface area contributed by atoms with Crippen LogP contribution in [0.15, 0.2) is 79.4 Å². The van der Waals surface area contributed by atoms with Crippen LogP contribution in [0.1, 0.15) is 50.9 Å². The number of fused-ring (bicyclic) bond motifs is 4.